The Kier molecular flexibility index (Phi) is 6.61. The Labute approximate surface area is 168 Å². The van der Waals surface area contributed by atoms with Crippen LogP contribution in [0.2, 0.25) is 0 Å². The highest BCUT2D eigenvalue weighted by molar-refractivity contribution is 7.99. The maximum Gasteiger partial charge on any atom is 0.331 e. The molecular formula is C20H17F2N3O3S. The molecule has 6 nitrogen and oxygen atoms in total. The molecule has 9 heteroatoms. The summed E-state index contributed by atoms with van der Waals surface area (Å²) in [5.74, 6) is -3.31. The van der Waals surface area contributed by atoms with Crippen molar-refractivity contribution in [1.82, 2.24) is 9.13 Å². The van der Waals surface area contributed by atoms with Crippen molar-refractivity contribution >= 4 is 23.4 Å². The van der Waals surface area contributed by atoms with Crippen LogP contribution in [-0.2, 0) is 17.9 Å². The van der Waals surface area contributed by atoms with Gasteiger partial charge in [0.1, 0.15) is 6.54 Å². The lowest BCUT2D eigenvalue weighted by Gasteiger charge is -2.12. The molecule has 0 unspecified atom stereocenters. The van der Waals surface area contributed by atoms with E-state index in [0.717, 1.165) is 10.1 Å². The summed E-state index contributed by atoms with van der Waals surface area (Å²) in [6.45, 7) is -0.281. The van der Waals surface area contributed by atoms with Gasteiger partial charge >= 0.3 is 5.69 Å². The largest absolute Gasteiger partial charge is 0.331 e. The van der Waals surface area contributed by atoms with Crippen LogP contribution in [0, 0.1) is 0 Å². The highest BCUT2D eigenvalue weighted by Gasteiger charge is 2.14. The number of nitrogens with zero attached hydrogens (tertiary/aromatic N) is 2. The molecule has 3 rings (SSSR count). The normalized spacial score (nSPS) is 10.9. The fourth-order valence-corrected chi connectivity index (χ4v) is 3.30. The second-order valence-corrected chi connectivity index (χ2v) is 7.09. The number of halogens is 2. The Bertz CT molecular complexity index is 1110. The molecule has 2 aromatic carbocycles. The first kappa shape index (κ1) is 20.5. The Balaban J connectivity index is 1.80. The lowest BCUT2D eigenvalue weighted by Crippen LogP contribution is -2.41. The first-order valence-corrected chi connectivity index (χ1v) is 9.50. The minimum atomic E-state index is -2.64. The molecule has 0 bridgehead atoms. The average molecular weight is 417 g/mol. The molecule has 1 aromatic heterocycles. The van der Waals surface area contributed by atoms with E-state index in [1.165, 1.54) is 29.0 Å². The summed E-state index contributed by atoms with van der Waals surface area (Å²) in [5.41, 5.74) is -0.199. The van der Waals surface area contributed by atoms with Crippen molar-refractivity contribution in [1.29, 1.82) is 0 Å². The number of alkyl halides is 2. The van der Waals surface area contributed by atoms with Crippen LogP contribution in [-0.4, -0.2) is 20.8 Å². The topological polar surface area (TPSA) is 73.1 Å². The van der Waals surface area contributed by atoms with Crippen molar-refractivity contribution in [3.8, 4) is 0 Å². The molecular weight excluding hydrogens is 400 g/mol. The number of amides is 1. The molecule has 29 heavy (non-hydrogen) atoms. The van der Waals surface area contributed by atoms with E-state index >= 15 is 0 Å². The molecule has 0 aliphatic rings. The summed E-state index contributed by atoms with van der Waals surface area (Å²) in [7, 11) is 0. The number of thioether (sulfide) groups is 1. The van der Waals surface area contributed by atoms with Gasteiger partial charge in [0.15, 0.2) is 0 Å². The van der Waals surface area contributed by atoms with Crippen LogP contribution in [0.3, 0.4) is 0 Å². The molecule has 0 saturated heterocycles. The smallest absolute Gasteiger partial charge is 0.324 e. The quantitative estimate of drug-likeness (QED) is 0.600. The third-order valence-electron chi connectivity index (χ3n) is 4.01. The van der Waals surface area contributed by atoms with Gasteiger partial charge in [-0.05, 0) is 17.7 Å². The molecule has 1 amide bonds. The van der Waals surface area contributed by atoms with Gasteiger partial charge < -0.3 is 5.32 Å². The molecule has 1 N–H and O–H groups in total. The monoisotopic (exact) mass is 417 g/mol. The number of aromatic nitrogens is 2. The summed E-state index contributed by atoms with van der Waals surface area (Å²) >= 11 is 0.301. The maximum absolute atomic E-state index is 12.7. The zero-order valence-corrected chi connectivity index (χ0v) is 15.9. The van der Waals surface area contributed by atoms with Crippen LogP contribution in [0.25, 0.3) is 0 Å². The van der Waals surface area contributed by atoms with Gasteiger partial charge in [-0.15, -0.1) is 0 Å². The number of anilines is 1. The third kappa shape index (κ3) is 5.41. The van der Waals surface area contributed by atoms with E-state index in [2.05, 4.69) is 5.32 Å². The summed E-state index contributed by atoms with van der Waals surface area (Å²) in [5, 5.41) is 2.49. The van der Waals surface area contributed by atoms with Crippen LogP contribution >= 0.6 is 11.8 Å². The highest BCUT2D eigenvalue weighted by Crippen LogP contribution is 2.31. The molecule has 3 aromatic rings. The van der Waals surface area contributed by atoms with Crippen molar-refractivity contribution in [3.63, 3.8) is 0 Å². The van der Waals surface area contributed by atoms with E-state index in [1.807, 2.05) is 30.3 Å². The van der Waals surface area contributed by atoms with E-state index < -0.39 is 29.5 Å². The van der Waals surface area contributed by atoms with Gasteiger partial charge in [-0.2, -0.15) is 8.78 Å². The summed E-state index contributed by atoms with van der Waals surface area (Å²) < 4.78 is 27.5. The number of carbonyl (C=O) groups excluding carboxylic acids is 1. The molecule has 0 aliphatic carbocycles. The third-order valence-corrected chi connectivity index (χ3v) is 4.80. The van der Waals surface area contributed by atoms with Gasteiger partial charge in [-0.25, -0.2) is 4.79 Å². The number of benzene rings is 2. The molecule has 0 saturated carbocycles. The number of para-hydroxylation sites is 1. The predicted molar refractivity (Wildman–Crippen MR) is 107 cm³/mol. The van der Waals surface area contributed by atoms with Gasteiger partial charge in [0.05, 0.1) is 12.2 Å². The van der Waals surface area contributed by atoms with Crippen LogP contribution < -0.4 is 16.6 Å². The Morgan fingerprint density at radius 2 is 1.69 bits per heavy atom. The molecule has 0 aliphatic heterocycles. The van der Waals surface area contributed by atoms with E-state index in [1.54, 1.807) is 12.1 Å². The van der Waals surface area contributed by atoms with Crippen molar-refractivity contribution in [2.24, 2.45) is 0 Å². The number of rotatable bonds is 7. The molecule has 0 atom stereocenters. The fourth-order valence-electron chi connectivity index (χ4n) is 2.70. The van der Waals surface area contributed by atoms with Crippen LogP contribution in [0.1, 0.15) is 5.56 Å². The minimum Gasteiger partial charge on any atom is -0.324 e. The Morgan fingerprint density at radius 1 is 1.00 bits per heavy atom. The Morgan fingerprint density at radius 3 is 2.41 bits per heavy atom. The van der Waals surface area contributed by atoms with Crippen molar-refractivity contribution in [3.05, 3.63) is 93.3 Å². The van der Waals surface area contributed by atoms with Crippen molar-refractivity contribution in [2.75, 3.05) is 5.32 Å². The summed E-state index contributed by atoms with van der Waals surface area (Å²) in [4.78, 5) is 37.3. The van der Waals surface area contributed by atoms with Crippen molar-refractivity contribution < 1.29 is 13.6 Å². The van der Waals surface area contributed by atoms with E-state index in [4.69, 9.17) is 0 Å². The lowest BCUT2D eigenvalue weighted by atomic mass is 10.2. The number of nitrogens with one attached hydrogen (secondary N) is 1. The Hall–Kier alpha value is -3.20. The maximum atomic E-state index is 12.7. The number of hydrogen-bond donors (Lipinski definition) is 1. The van der Waals surface area contributed by atoms with Crippen molar-refractivity contribution in [2.45, 2.75) is 23.7 Å². The van der Waals surface area contributed by atoms with Gasteiger partial charge in [-0.1, -0.05) is 54.2 Å². The van der Waals surface area contributed by atoms with Gasteiger partial charge in [0.2, 0.25) is 5.91 Å². The molecule has 1 heterocycles. The number of hydrogen-bond acceptors (Lipinski definition) is 4. The predicted octanol–water partition coefficient (Wildman–Crippen LogP) is 3.01. The van der Waals surface area contributed by atoms with E-state index in [9.17, 15) is 23.2 Å². The van der Waals surface area contributed by atoms with Crippen LogP contribution in [0.5, 0.6) is 0 Å². The second kappa shape index (κ2) is 9.33. The summed E-state index contributed by atoms with van der Waals surface area (Å²) in [6, 6.07) is 16.5. The molecule has 0 radical (unpaired) electrons. The SMILES string of the molecule is O=C(Cn1c(=O)ccn(Cc2ccccc2)c1=O)Nc1ccccc1SC(F)F. The molecule has 150 valence electrons. The lowest BCUT2D eigenvalue weighted by molar-refractivity contribution is -0.116. The van der Waals surface area contributed by atoms with Gasteiger partial charge in [-0.3, -0.25) is 18.7 Å². The number of carbonyl (C=O) groups is 1. The summed E-state index contributed by atoms with van der Waals surface area (Å²) in [6.07, 6.45) is 1.38. The average Bonchev–Trinajstić information content (AvgIpc) is 2.69. The van der Waals surface area contributed by atoms with Crippen LogP contribution in [0.4, 0.5) is 14.5 Å². The first-order valence-electron chi connectivity index (χ1n) is 8.62. The van der Waals surface area contributed by atoms with Gasteiger partial charge in [0, 0.05) is 17.2 Å². The zero-order valence-electron chi connectivity index (χ0n) is 15.1. The zero-order chi connectivity index (χ0) is 20.8. The second-order valence-electron chi connectivity index (χ2n) is 6.06. The standard InChI is InChI=1S/C20H17F2N3O3S/c21-19(22)29-16-9-5-4-8-15(16)23-17(26)13-25-18(27)10-11-24(20(25)28)12-14-6-2-1-3-7-14/h1-11,19H,12-13H2,(H,23,26). The van der Waals surface area contributed by atoms with Crippen LogP contribution in [0.15, 0.2) is 81.3 Å². The highest BCUT2D eigenvalue weighted by atomic mass is 32.2. The van der Waals surface area contributed by atoms with Gasteiger partial charge in [0.25, 0.3) is 11.3 Å². The van der Waals surface area contributed by atoms with E-state index in [-0.39, 0.29) is 17.1 Å². The first-order chi connectivity index (χ1) is 13.9. The minimum absolute atomic E-state index is 0.191. The fraction of sp³-hybridized carbons (Fsp3) is 0.150. The molecule has 0 fully saturated rings. The van der Waals surface area contributed by atoms with E-state index in [0.29, 0.717) is 11.8 Å². The molecule has 0 spiro atoms.